The van der Waals surface area contributed by atoms with Crippen molar-refractivity contribution in [3.8, 4) is 0 Å². The molecule has 1 aliphatic heterocycles. The Balaban J connectivity index is 1.34. The number of fused-ring (bicyclic) bond motifs is 2. The van der Waals surface area contributed by atoms with Crippen LogP contribution in [0.4, 0.5) is 0 Å². The number of methoxy groups -OCH3 is 1. The van der Waals surface area contributed by atoms with Gasteiger partial charge in [0.1, 0.15) is 23.9 Å². The molecule has 10 heteroatoms. The Kier molecular flexibility index (Phi) is 7.23. The average Bonchev–Trinajstić information content (AvgIpc) is 3.71. The van der Waals surface area contributed by atoms with Crippen LogP contribution in [0.1, 0.15) is 63.9 Å². The molecule has 0 amide bonds. The molecule has 4 aliphatic carbocycles. The van der Waals surface area contributed by atoms with Crippen LogP contribution in [0.2, 0.25) is 0 Å². The second-order valence-electron chi connectivity index (χ2n) is 13.5. The van der Waals surface area contributed by atoms with Crippen molar-refractivity contribution in [2.24, 2.45) is 45.8 Å². The molecule has 4 bridgehead atoms. The second kappa shape index (κ2) is 10.3. The fourth-order valence-electron chi connectivity index (χ4n) is 10.0. The van der Waals surface area contributed by atoms with E-state index in [1.165, 1.54) is 19.4 Å². The van der Waals surface area contributed by atoms with Crippen molar-refractivity contribution < 1.29 is 48.0 Å². The molecule has 1 aromatic rings. The first-order chi connectivity index (χ1) is 20.0. The number of aliphatic hydroxyl groups is 1. The minimum Gasteiger partial charge on any atom is -0.481 e. The quantitative estimate of drug-likeness (QED) is 0.249. The summed E-state index contributed by atoms with van der Waals surface area (Å²) in [5.74, 6) is -1.40. The number of carboxylic acids is 1. The predicted molar refractivity (Wildman–Crippen MR) is 147 cm³/mol. The number of allylic oxidation sites excluding steroid dienone is 1. The third-order valence-corrected chi connectivity index (χ3v) is 11.6. The number of aldehydes is 1. The average molecular weight is 587 g/mol. The Hall–Kier alpha value is -2.53. The first-order valence-electron chi connectivity index (χ1n) is 15.1. The number of carbonyl (C=O) groups excluding carboxylic acids is 2. The lowest BCUT2D eigenvalue weighted by molar-refractivity contribution is -0.306. The molecule has 6 rings (SSSR count). The normalized spacial score (nSPS) is 45.5. The van der Waals surface area contributed by atoms with Gasteiger partial charge in [-0.1, -0.05) is 38.8 Å². The summed E-state index contributed by atoms with van der Waals surface area (Å²) >= 11 is 0. The summed E-state index contributed by atoms with van der Waals surface area (Å²) < 4.78 is 28.8. The van der Waals surface area contributed by atoms with Crippen molar-refractivity contribution in [1.82, 2.24) is 0 Å². The Bertz CT molecular complexity index is 1260. The maximum absolute atomic E-state index is 13.7. The smallest absolute Gasteiger partial charge is 0.374 e. The van der Waals surface area contributed by atoms with Crippen molar-refractivity contribution in [2.75, 3.05) is 13.7 Å². The predicted octanol–water partition coefficient (Wildman–Crippen LogP) is 3.87. The molecule has 0 aromatic carbocycles. The third kappa shape index (κ3) is 3.67. The fourth-order valence-corrected chi connectivity index (χ4v) is 10.0. The lowest BCUT2D eigenvalue weighted by Crippen LogP contribution is -2.64. The van der Waals surface area contributed by atoms with Crippen molar-refractivity contribution >= 4 is 18.2 Å². The van der Waals surface area contributed by atoms with Crippen molar-refractivity contribution in [3.05, 3.63) is 35.8 Å². The molecule has 3 saturated carbocycles. The van der Waals surface area contributed by atoms with Crippen LogP contribution in [0, 0.1) is 45.8 Å². The van der Waals surface area contributed by atoms with Crippen LogP contribution in [-0.4, -0.2) is 72.9 Å². The summed E-state index contributed by atoms with van der Waals surface area (Å²) in [6.45, 7) is 7.91. The largest absolute Gasteiger partial charge is 0.481 e. The van der Waals surface area contributed by atoms with Gasteiger partial charge in [0.2, 0.25) is 5.76 Å². The van der Waals surface area contributed by atoms with Gasteiger partial charge >= 0.3 is 11.9 Å². The monoisotopic (exact) mass is 586 g/mol. The zero-order chi connectivity index (χ0) is 30.2. The molecular formula is C32H42O10. The van der Waals surface area contributed by atoms with Crippen LogP contribution < -0.4 is 0 Å². The van der Waals surface area contributed by atoms with Crippen LogP contribution >= 0.6 is 0 Å². The van der Waals surface area contributed by atoms with Crippen LogP contribution in [0.25, 0.3) is 0 Å². The summed E-state index contributed by atoms with van der Waals surface area (Å²) in [5, 5.41) is 22.6. The molecule has 2 heterocycles. The summed E-state index contributed by atoms with van der Waals surface area (Å²) in [6, 6.07) is 3.03. The van der Waals surface area contributed by atoms with Crippen molar-refractivity contribution in [3.63, 3.8) is 0 Å². The van der Waals surface area contributed by atoms with E-state index in [-0.39, 0.29) is 36.0 Å². The van der Waals surface area contributed by atoms with Crippen LogP contribution in [-0.2, 0) is 28.5 Å². The van der Waals surface area contributed by atoms with Gasteiger partial charge < -0.3 is 38.4 Å². The molecule has 0 spiro atoms. The number of rotatable bonds is 9. The van der Waals surface area contributed by atoms with Gasteiger partial charge in [0.15, 0.2) is 12.4 Å². The van der Waals surface area contributed by atoms with Gasteiger partial charge in [-0.05, 0) is 67.9 Å². The summed E-state index contributed by atoms with van der Waals surface area (Å²) in [7, 11) is 1.44. The number of esters is 1. The topological polar surface area (TPSA) is 142 Å². The lowest BCUT2D eigenvalue weighted by atomic mass is 9.43. The minimum atomic E-state index is -1.42. The van der Waals surface area contributed by atoms with E-state index >= 15 is 0 Å². The molecule has 4 fully saturated rings. The van der Waals surface area contributed by atoms with E-state index < -0.39 is 58.9 Å². The minimum absolute atomic E-state index is 0.00562. The number of carbonyl (C=O) groups is 3. The lowest BCUT2D eigenvalue weighted by Gasteiger charge is -2.58. The van der Waals surface area contributed by atoms with E-state index in [1.54, 1.807) is 13.0 Å². The molecular weight excluding hydrogens is 544 g/mol. The number of hydrogen-bond donors (Lipinski definition) is 2. The number of furan rings is 1. The molecule has 0 radical (unpaired) electrons. The third-order valence-electron chi connectivity index (χ3n) is 11.6. The molecule has 230 valence electrons. The Labute approximate surface area is 245 Å². The molecule has 10 nitrogen and oxygen atoms in total. The van der Waals surface area contributed by atoms with Gasteiger partial charge in [0, 0.05) is 12.5 Å². The molecule has 1 aromatic heterocycles. The molecule has 5 unspecified atom stereocenters. The zero-order valence-electron chi connectivity index (χ0n) is 24.9. The van der Waals surface area contributed by atoms with Crippen molar-refractivity contribution in [1.29, 1.82) is 0 Å². The van der Waals surface area contributed by atoms with E-state index in [0.29, 0.717) is 18.8 Å². The molecule has 12 atom stereocenters. The van der Waals surface area contributed by atoms with Gasteiger partial charge in [-0.25, -0.2) is 4.79 Å². The number of ether oxygens (including phenoxy) is 4. The number of hydrogen-bond acceptors (Lipinski definition) is 9. The summed E-state index contributed by atoms with van der Waals surface area (Å²) in [4.78, 5) is 39.7. The Morgan fingerprint density at radius 3 is 2.57 bits per heavy atom. The van der Waals surface area contributed by atoms with Crippen LogP contribution in [0.3, 0.4) is 0 Å². The van der Waals surface area contributed by atoms with Crippen LogP contribution in [0.15, 0.2) is 34.5 Å². The highest BCUT2D eigenvalue weighted by Gasteiger charge is 2.84. The van der Waals surface area contributed by atoms with Gasteiger partial charge in [-0.3, -0.25) is 4.79 Å². The fraction of sp³-hybridized carbons (Fsp3) is 0.719. The SMILES string of the molecule is CO[C@@H]1[C@@H](C)O[C@@H](OCC23C[C@@H]4[C@H](C)CC[C@H]4C4(C=O)CC2C=C(C(C)C)C34C(=O)O)C(O)[C@@H]1OC(=O)c1ccco1. The van der Waals surface area contributed by atoms with Crippen molar-refractivity contribution in [2.45, 2.75) is 84.1 Å². The Morgan fingerprint density at radius 2 is 1.95 bits per heavy atom. The first-order valence-corrected chi connectivity index (χ1v) is 15.1. The van der Waals surface area contributed by atoms with E-state index in [4.69, 9.17) is 23.4 Å². The molecule has 5 aliphatic rings. The van der Waals surface area contributed by atoms with Gasteiger partial charge in [-0.2, -0.15) is 0 Å². The maximum atomic E-state index is 13.7. The second-order valence-corrected chi connectivity index (χ2v) is 13.5. The Morgan fingerprint density at radius 1 is 1.19 bits per heavy atom. The standard InChI is InChI=1S/C32H42O10/c1-16(2)22-11-19-12-30(14-33)21-9-8-17(3)20(21)13-31(19,32(22,30)29(36)37)15-40-28-24(34)26(25(38-5)18(4)41-28)42-27(35)23-7-6-10-39-23/h6-7,10-11,14,16-21,24-26,28,34H,8-9,12-13,15H2,1-5H3,(H,36,37)/t17-,18-,19?,20-,21-,24?,25-,26+,28-,30?,31?,32?/m1/s1. The maximum Gasteiger partial charge on any atom is 0.374 e. The molecule has 42 heavy (non-hydrogen) atoms. The van der Waals surface area contributed by atoms with E-state index in [1.807, 2.05) is 13.8 Å². The van der Waals surface area contributed by atoms with E-state index in [2.05, 4.69) is 13.0 Å². The number of carboxylic acid groups (broad SMARTS) is 1. The zero-order valence-corrected chi connectivity index (χ0v) is 24.9. The highest BCUT2D eigenvalue weighted by molar-refractivity contribution is 5.90. The highest BCUT2D eigenvalue weighted by Crippen LogP contribution is 2.82. The van der Waals surface area contributed by atoms with E-state index in [0.717, 1.165) is 24.7 Å². The van der Waals surface area contributed by atoms with E-state index in [9.17, 15) is 24.6 Å². The van der Waals surface area contributed by atoms with Crippen LogP contribution in [0.5, 0.6) is 0 Å². The summed E-state index contributed by atoms with van der Waals surface area (Å²) in [5.41, 5.74) is -2.50. The first kappa shape index (κ1) is 29.5. The molecule has 1 saturated heterocycles. The van der Waals surface area contributed by atoms with Gasteiger partial charge in [0.25, 0.3) is 0 Å². The number of aliphatic carboxylic acids is 1. The van der Waals surface area contributed by atoms with Gasteiger partial charge in [0.05, 0.1) is 24.4 Å². The highest BCUT2D eigenvalue weighted by atomic mass is 16.7. The molecule has 2 N–H and O–H groups in total. The van der Waals surface area contributed by atoms with Gasteiger partial charge in [-0.15, -0.1) is 0 Å². The number of aliphatic hydroxyl groups excluding tert-OH is 1. The summed E-state index contributed by atoms with van der Waals surface area (Å²) in [6.07, 6.45) is 2.18.